The maximum Gasteiger partial charge on any atom is 0.123 e. The SMILES string of the molecule is C=CCCCC(NCCC)C1Cc2ccccc2O1. The summed E-state index contributed by atoms with van der Waals surface area (Å²) in [6.45, 7) is 7.07. The Labute approximate surface area is 116 Å². The van der Waals surface area contributed by atoms with Gasteiger partial charge in [-0.2, -0.15) is 0 Å². The highest BCUT2D eigenvalue weighted by atomic mass is 16.5. The number of nitrogens with one attached hydrogen (secondary N) is 1. The standard InChI is InChI=1S/C17H25NO/c1-3-5-6-10-15(18-12-4-2)17-13-14-9-7-8-11-16(14)19-17/h3,7-9,11,15,17-18H,1,4-6,10,12-13H2,2H3. The number of hydrogen-bond acceptors (Lipinski definition) is 2. The predicted octanol–water partition coefficient (Wildman–Crippen LogP) is 3.71. The second-order valence-corrected chi connectivity index (χ2v) is 5.25. The Balaban J connectivity index is 1.93. The number of fused-ring (bicyclic) bond motifs is 1. The Bertz CT molecular complexity index is 377. The van der Waals surface area contributed by atoms with Gasteiger partial charge in [0.15, 0.2) is 0 Å². The number of benzene rings is 1. The van der Waals surface area contributed by atoms with Gasteiger partial charge in [0, 0.05) is 12.5 Å². The van der Waals surface area contributed by atoms with E-state index in [4.69, 9.17) is 4.74 Å². The van der Waals surface area contributed by atoms with Crippen LogP contribution >= 0.6 is 0 Å². The Kier molecular flexibility index (Phi) is 5.46. The summed E-state index contributed by atoms with van der Waals surface area (Å²) in [5.41, 5.74) is 1.35. The summed E-state index contributed by atoms with van der Waals surface area (Å²) < 4.78 is 6.11. The van der Waals surface area contributed by atoms with Gasteiger partial charge in [0.2, 0.25) is 0 Å². The number of rotatable bonds is 8. The molecule has 1 N–H and O–H groups in total. The van der Waals surface area contributed by atoms with Gasteiger partial charge in [-0.05, 0) is 43.9 Å². The van der Waals surface area contributed by atoms with Crippen LogP contribution in [-0.4, -0.2) is 18.7 Å². The lowest BCUT2D eigenvalue weighted by Crippen LogP contribution is -2.42. The lowest BCUT2D eigenvalue weighted by Gasteiger charge is -2.24. The molecule has 0 fully saturated rings. The minimum atomic E-state index is 0.286. The van der Waals surface area contributed by atoms with Gasteiger partial charge in [-0.15, -0.1) is 6.58 Å². The van der Waals surface area contributed by atoms with Crippen molar-refractivity contribution >= 4 is 0 Å². The first-order valence-electron chi connectivity index (χ1n) is 7.44. The van der Waals surface area contributed by atoms with Crippen molar-refractivity contribution in [1.82, 2.24) is 5.32 Å². The molecule has 1 aromatic carbocycles. The molecular formula is C17H25NO. The molecule has 2 atom stereocenters. The Hall–Kier alpha value is -1.28. The van der Waals surface area contributed by atoms with E-state index in [-0.39, 0.29) is 6.10 Å². The number of unbranched alkanes of at least 4 members (excludes halogenated alkanes) is 1. The van der Waals surface area contributed by atoms with Crippen LogP contribution in [0.1, 0.15) is 38.2 Å². The van der Waals surface area contributed by atoms with Crippen molar-refractivity contribution in [3.63, 3.8) is 0 Å². The van der Waals surface area contributed by atoms with Gasteiger partial charge in [-0.3, -0.25) is 0 Å². The number of para-hydroxylation sites is 1. The number of allylic oxidation sites excluding steroid dienone is 1. The van der Waals surface area contributed by atoms with Gasteiger partial charge in [-0.1, -0.05) is 31.2 Å². The lowest BCUT2D eigenvalue weighted by atomic mass is 9.99. The van der Waals surface area contributed by atoms with E-state index < -0.39 is 0 Å². The van der Waals surface area contributed by atoms with E-state index >= 15 is 0 Å². The molecule has 0 radical (unpaired) electrons. The number of hydrogen-bond donors (Lipinski definition) is 1. The monoisotopic (exact) mass is 259 g/mol. The molecule has 2 nitrogen and oxygen atoms in total. The molecule has 0 saturated heterocycles. The van der Waals surface area contributed by atoms with Crippen LogP contribution in [0.4, 0.5) is 0 Å². The smallest absolute Gasteiger partial charge is 0.123 e. The zero-order valence-corrected chi connectivity index (χ0v) is 11.9. The summed E-state index contributed by atoms with van der Waals surface area (Å²) in [6, 6.07) is 8.85. The molecule has 2 rings (SSSR count). The highest BCUT2D eigenvalue weighted by molar-refractivity contribution is 5.37. The molecule has 0 aromatic heterocycles. The van der Waals surface area contributed by atoms with E-state index in [2.05, 4.69) is 37.0 Å². The van der Waals surface area contributed by atoms with Crippen molar-refractivity contribution in [3.8, 4) is 5.75 Å². The molecule has 19 heavy (non-hydrogen) atoms. The summed E-state index contributed by atoms with van der Waals surface area (Å²) in [7, 11) is 0. The average Bonchev–Trinajstić information content (AvgIpc) is 2.86. The molecule has 0 aliphatic carbocycles. The molecule has 2 heteroatoms. The first-order chi connectivity index (χ1) is 9.35. The Morgan fingerprint density at radius 2 is 2.32 bits per heavy atom. The number of ether oxygens (including phenoxy) is 1. The summed E-state index contributed by atoms with van der Waals surface area (Å²) >= 11 is 0. The van der Waals surface area contributed by atoms with Gasteiger partial charge in [0.25, 0.3) is 0 Å². The van der Waals surface area contributed by atoms with Crippen molar-refractivity contribution in [2.24, 2.45) is 0 Å². The Morgan fingerprint density at radius 1 is 1.47 bits per heavy atom. The molecule has 1 aliphatic heterocycles. The molecule has 0 amide bonds. The van der Waals surface area contributed by atoms with Crippen molar-refractivity contribution in [2.75, 3.05) is 6.54 Å². The van der Waals surface area contributed by atoms with E-state index in [1.807, 2.05) is 12.1 Å². The van der Waals surface area contributed by atoms with Crippen LogP contribution in [0.2, 0.25) is 0 Å². The molecule has 0 spiro atoms. The summed E-state index contributed by atoms with van der Waals surface area (Å²) in [4.78, 5) is 0. The van der Waals surface area contributed by atoms with Crippen molar-refractivity contribution in [3.05, 3.63) is 42.5 Å². The van der Waals surface area contributed by atoms with Gasteiger partial charge in [-0.25, -0.2) is 0 Å². The summed E-state index contributed by atoms with van der Waals surface area (Å²) in [5.74, 6) is 1.07. The van der Waals surface area contributed by atoms with Gasteiger partial charge < -0.3 is 10.1 Å². The maximum atomic E-state index is 6.11. The summed E-state index contributed by atoms with van der Waals surface area (Å²) in [5, 5.41) is 3.65. The quantitative estimate of drug-likeness (QED) is 0.567. The van der Waals surface area contributed by atoms with Crippen LogP contribution in [0.3, 0.4) is 0 Å². The molecule has 0 bridgehead atoms. The Morgan fingerprint density at radius 3 is 3.05 bits per heavy atom. The third kappa shape index (κ3) is 3.84. The largest absolute Gasteiger partial charge is 0.488 e. The predicted molar refractivity (Wildman–Crippen MR) is 80.7 cm³/mol. The maximum absolute atomic E-state index is 6.11. The molecule has 0 saturated carbocycles. The van der Waals surface area contributed by atoms with E-state index in [9.17, 15) is 0 Å². The van der Waals surface area contributed by atoms with Crippen LogP contribution in [0.15, 0.2) is 36.9 Å². The van der Waals surface area contributed by atoms with Crippen LogP contribution in [-0.2, 0) is 6.42 Å². The fourth-order valence-corrected chi connectivity index (χ4v) is 2.66. The van der Waals surface area contributed by atoms with Gasteiger partial charge in [0.05, 0.1) is 0 Å². The van der Waals surface area contributed by atoms with E-state index in [0.717, 1.165) is 38.0 Å². The minimum Gasteiger partial charge on any atom is -0.488 e. The van der Waals surface area contributed by atoms with Gasteiger partial charge in [0.1, 0.15) is 11.9 Å². The zero-order chi connectivity index (χ0) is 13.5. The third-order valence-corrected chi connectivity index (χ3v) is 3.70. The van der Waals surface area contributed by atoms with Crippen molar-refractivity contribution in [1.29, 1.82) is 0 Å². The molecule has 2 unspecified atom stereocenters. The van der Waals surface area contributed by atoms with Crippen LogP contribution in [0.25, 0.3) is 0 Å². The van der Waals surface area contributed by atoms with Crippen molar-refractivity contribution < 1.29 is 4.74 Å². The highest BCUT2D eigenvalue weighted by Gasteiger charge is 2.29. The second-order valence-electron chi connectivity index (χ2n) is 5.25. The zero-order valence-electron chi connectivity index (χ0n) is 11.9. The van der Waals surface area contributed by atoms with Gasteiger partial charge >= 0.3 is 0 Å². The van der Waals surface area contributed by atoms with E-state index in [1.54, 1.807) is 0 Å². The normalized spacial score (nSPS) is 18.7. The van der Waals surface area contributed by atoms with Crippen LogP contribution in [0.5, 0.6) is 5.75 Å². The topological polar surface area (TPSA) is 21.3 Å². The first-order valence-corrected chi connectivity index (χ1v) is 7.44. The lowest BCUT2D eigenvalue weighted by molar-refractivity contribution is 0.170. The molecule has 1 aromatic rings. The van der Waals surface area contributed by atoms with Crippen molar-refractivity contribution in [2.45, 2.75) is 51.2 Å². The fourth-order valence-electron chi connectivity index (χ4n) is 2.66. The van der Waals surface area contributed by atoms with E-state index in [0.29, 0.717) is 6.04 Å². The average molecular weight is 259 g/mol. The highest BCUT2D eigenvalue weighted by Crippen LogP contribution is 2.30. The first kappa shape index (κ1) is 14.1. The molecular weight excluding hydrogens is 234 g/mol. The van der Waals surface area contributed by atoms with E-state index in [1.165, 1.54) is 12.0 Å². The summed E-state index contributed by atoms with van der Waals surface area (Å²) in [6.07, 6.45) is 7.91. The third-order valence-electron chi connectivity index (χ3n) is 3.70. The van der Waals surface area contributed by atoms with Crippen LogP contribution in [0, 0.1) is 0 Å². The van der Waals surface area contributed by atoms with Crippen LogP contribution < -0.4 is 10.1 Å². The molecule has 1 aliphatic rings. The minimum absolute atomic E-state index is 0.286. The second kappa shape index (κ2) is 7.34. The molecule has 104 valence electrons. The molecule has 1 heterocycles. The fraction of sp³-hybridized carbons (Fsp3) is 0.529.